The molecule has 1 unspecified atom stereocenters. The van der Waals surface area contributed by atoms with Gasteiger partial charge in [-0.3, -0.25) is 5.26 Å². The normalized spacial score (nSPS) is 16.1. The molecule has 1 N–H and O–H groups in total. The molecule has 1 atom stereocenters. The Balaban J connectivity index is 3.62. The van der Waals surface area contributed by atoms with Gasteiger partial charge in [0.2, 0.25) is 0 Å². The largest absolute Gasteiger partial charge is 0.417 e. The second-order valence-electron chi connectivity index (χ2n) is 1.29. The maximum Gasteiger partial charge on any atom is 0.417 e. The first-order valence-corrected chi connectivity index (χ1v) is 1.85. The fourth-order valence-corrected chi connectivity index (χ4v) is 0.0598. The Morgan fingerprint density at radius 2 is 1.88 bits per heavy atom. The number of hydrogen-bond acceptors (Lipinski definition) is 2. The van der Waals surface area contributed by atoms with E-state index >= 15 is 0 Å². The van der Waals surface area contributed by atoms with Crippen LogP contribution in [-0.2, 0) is 4.89 Å². The standard InChI is InChI=1S/C3H5F3O2/c1-2(8-7)3(4,5)6/h2,7H,1H3. The van der Waals surface area contributed by atoms with Crippen molar-refractivity contribution in [3.8, 4) is 0 Å². The van der Waals surface area contributed by atoms with Crippen molar-refractivity contribution in [2.75, 3.05) is 0 Å². The lowest BCUT2D eigenvalue weighted by Gasteiger charge is -2.09. The van der Waals surface area contributed by atoms with E-state index in [4.69, 9.17) is 5.26 Å². The molecule has 5 heteroatoms. The Morgan fingerprint density at radius 3 is 1.88 bits per heavy atom. The van der Waals surface area contributed by atoms with Crippen LogP contribution < -0.4 is 0 Å². The Bertz CT molecular complexity index is 69.4. The molecule has 0 aromatic carbocycles. The molecular formula is C3H5F3O2. The monoisotopic (exact) mass is 130 g/mol. The molecule has 0 aliphatic rings. The van der Waals surface area contributed by atoms with Crippen molar-refractivity contribution in [3.05, 3.63) is 0 Å². The molecule has 0 aliphatic heterocycles. The van der Waals surface area contributed by atoms with Gasteiger partial charge in [0.05, 0.1) is 0 Å². The molecule has 0 bridgehead atoms. The fraction of sp³-hybridized carbons (Fsp3) is 1.00. The van der Waals surface area contributed by atoms with Gasteiger partial charge in [0, 0.05) is 0 Å². The molecule has 0 rings (SSSR count). The highest BCUT2D eigenvalue weighted by molar-refractivity contribution is 4.57. The Labute approximate surface area is 43.8 Å². The van der Waals surface area contributed by atoms with Gasteiger partial charge in [0.15, 0.2) is 6.10 Å². The minimum atomic E-state index is -4.46. The predicted molar refractivity (Wildman–Crippen MR) is 19.2 cm³/mol. The van der Waals surface area contributed by atoms with Crippen molar-refractivity contribution in [2.24, 2.45) is 0 Å². The van der Waals surface area contributed by atoms with Gasteiger partial charge < -0.3 is 0 Å². The lowest BCUT2D eigenvalue weighted by atomic mass is 10.4. The van der Waals surface area contributed by atoms with E-state index in [0.29, 0.717) is 6.92 Å². The smallest absolute Gasteiger partial charge is 0.251 e. The van der Waals surface area contributed by atoms with Crippen LogP contribution in [0.4, 0.5) is 13.2 Å². The van der Waals surface area contributed by atoms with Crippen LogP contribution in [-0.4, -0.2) is 17.5 Å². The van der Waals surface area contributed by atoms with Crippen molar-refractivity contribution < 1.29 is 23.3 Å². The van der Waals surface area contributed by atoms with Gasteiger partial charge >= 0.3 is 6.18 Å². The zero-order valence-electron chi connectivity index (χ0n) is 4.07. The molecule has 0 saturated heterocycles. The van der Waals surface area contributed by atoms with Gasteiger partial charge in [0.1, 0.15) is 0 Å². The molecule has 0 saturated carbocycles. The number of hydrogen-bond donors (Lipinski definition) is 1. The fourth-order valence-electron chi connectivity index (χ4n) is 0.0598. The zero-order valence-corrected chi connectivity index (χ0v) is 4.07. The lowest BCUT2D eigenvalue weighted by molar-refractivity contribution is -0.345. The average Bonchev–Trinajstić information content (AvgIpc) is 1.62. The van der Waals surface area contributed by atoms with E-state index in [1.807, 2.05) is 0 Å². The van der Waals surface area contributed by atoms with E-state index in [2.05, 4.69) is 4.89 Å². The van der Waals surface area contributed by atoms with E-state index in [-0.39, 0.29) is 0 Å². The van der Waals surface area contributed by atoms with Gasteiger partial charge in [-0.15, -0.1) is 0 Å². The van der Waals surface area contributed by atoms with Crippen LogP contribution >= 0.6 is 0 Å². The SMILES string of the molecule is CC(OO)C(F)(F)F. The summed E-state index contributed by atoms with van der Waals surface area (Å²) in [5.74, 6) is 0. The highest BCUT2D eigenvalue weighted by Crippen LogP contribution is 2.20. The van der Waals surface area contributed by atoms with Gasteiger partial charge in [-0.1, -0.05) is 0 Å². The molecule has 0 radical (unpaired) electrons. The van der Waals surface area contributed by atoms with E-state index < -0.39 is 12.3 Å². The minimum Gasteiger partial charge on any atom is -0.251 e. The van der Waals surface area contributed by atoms with E-state index in [1.54, 1.807) is 0 Å². The summed E-state index contributed by atoms with van der Waals surface area (Å²) < 4.78 is 33.5. The Kier molecular flexibility index (Phi) is 2.24. The summed E-state index contributed by atoms with van der Waals surface area (Å²) in [6.07, 6.45) is -6.56. The summed E-state index contributed by atoms with van der Waals surface area (Å²) in [5.41, 5.74) is 0. The molecule has 0 spiro atoms. The summed E-state index contributed by atoms with van der Waals surface area (Å²) in [4.78, 5) is 2.99. The van der Waals surface area contributed by atoms with E-state index in [1.165, 1.54) is 0 Å². The van der Waals surface area contributed by atoms with Crippen molar-refractivity contribution in [3.63, 3.8) is 0 Å². The van der Waals surface area contributed by atoms with Crippen LogP contribution in [0.3, 0.4) is 0 Å². The maximum atomic E-state index is 11.2. The maximum absolute atomic E-state index is 11.2. The highest BCUT2D eigenvalue weighted by Gasteiger charge is 2.37. The van der Waals surface area contributed by atoms with Gasteiger partial charge in [-0.25, -0.2) is 4.89 Å². The van der Waals surface area contributed by atoms with Gasteiger partial charge in [0.25, 0.3) is 0 Å². The Hall–Kier alpha value is -0.290. The van der Waals surface area contributed by atoms with E-state index in [0.717, 1.165) is 0 Å². The first kappa shape index (κ1) is 7.71. The molecule has 8 heavy (non-hydrogen) atoms. The number of rotatable bonds is 1. The molecule has 0 fully saturated rings. The quantitative estimate of drug-likeness (QED) is 0.429. The molecule has 50 valence electrons. The van der Waals surface area contributed by atoms with Crippen molar-refractivity contribution >= 4 is 0 Å². The minimum absolute atomic E-state index is 0.708. The molecule has 0 heterocycles. The van der Waals surface area contributed by atoms with E-state index in [9.17, 15) is 13.2 Å². The van der Waals surface area contributed by atoms with Crippen molar-refractivity contribution in [1.29, 1.82) is 0 Å². The lowest BCUT2D eigenvalue weighted by Crippen LogP contribution is -2.27. The molecule has 2 nitrogen and oxygen atoms in total. The van der Waals surface area contributed by atoms with Gasteiger partial charge in [-0.05, 0) is 6.92 Å². The van der Waals surface area contributed by atoms with Crippen molar-refractivity contribution in [1.82, 2.24) is 0 Å². The average molecular weight is 130 g/mol. The van der Waals surface area contributed by atoms with Crippen LogP contribution in [0.25, 0.3) is 0 Å². The third kappa shape index (κ3) is 2.13. The molecular weight excluding hydrogens is 125 g/mol. The summed E-state index contributed by atoms with van der Waals surface area (Å²) in [7, 11) is 0. The Morgan fingerprint density at radius 1 is 1.50 bits per heavy atom. The third-order valence-electron chi connectivity index (χ3n) is 0.619. The second-order valence-corrected chi connectivity index (χ2v) is 1.29. The second kappa shape index (κ2) is 2.32. The molecule has 0 aromatic rings. The first-order chi connectivity index (χ1) is 3.48. The van der Waals surface area contributed by atoms with Crippen molar-refractivity contribution in [2.45, 2.75) is 19.2 Å². The summed E-state index contributed by atoms with van der Waals surface area (Å²) in [6, 6.07) is 0. The van der Waals surface area contributed by atoms with Crippen LogP contribution in [0.1, 0.15) is 6.92 Å². The zero-order chi connectivity index (χ0) is 6.78. The highest BCUT2D eigenvalue weighted by atomic mass is 19.4. The number of halogens is 3. The molecule has 0 amide bonds. The topological polar surface area (TPSA) is 29.5 Å². The van der Waals surface area contributed by atoms with Crippen LogP contribution in [0.15, 0.2) is 0 Å². The molecule has 0 aromatic heterocycles. The number of alkyl halides is 3. The van der Waals surface area contributed by atoms with Gasteiger partial charge in [-0.2, -0.15) is 13.2 Å². The summed E-state index contributed by atoms with van der Waals surface area (Å²) in [5, 5.41) is 7.45. The summed E-state index contributed by atoms with van der Waals surface area (Å²) in [6.45, 7) is 0.708. The molecule has 0 aliphatic carbocycles. The van der Waals surface area contributed by atoms with Crippen LogP contribution in [0.2, 0.25) is 0 Å². The third-order valence-corrected chi connectivity index (χ3v) is 0.619. The summed E-state index contributed by atoms with van der Waals surface area (Å²) >= 11 is 0. The van der Waals surface area contributed by atoms with Crippen LogP contribution in [0, 0.1) is 0 Å². The van der Waals surface area contributed by atoms with Crippen LogP contribution in [0.5, 0.6) is 0 Å². The first-order valence-electron chi connectivity index (χ1n) is 1.85. The predicted octanol–water partition coefficient (Wildman–Crippen LogP) is 1.43.